The van der Waals surface area contributed by atoms with E-state index in [9.17, 15) is 0 Å². The van der Waals surface area contributed by atoms with Crippen LogP contribution in [0.15, 0.2) is 18.2 Å². The summed E-state index contributed by atoms with van der Waals surface area (Å²) in [6.07, 6.45) is 1.94. The molecular weight excluding hydrogens is 347 g/mol. The van der Waals surface area contributed by atoms with E-state index in [1.807, 2.05) is 13.0 Å². The van der Waals surface area contributed by atoms with Crippen LogP contribution in [0.4, 0.5) is 0 Å². The molecule has 1 unspecified atom stereocenters. The van der Waals surface area contributed by atoms with Crippen LogP contribution < -0.4 is 10.7 Å². The van der Waals surface area contributed by atoms with Gasteiger partial charge >= 0.3 is 0 Å². The molecule has 24 heavy (non-hydrogen) atoms. The number of fused-ring (bicyclic) bond motifs is 1. The lowest BCUT2D eigenvalue weighted by Crippen LogP contribution is -2.34. The average molecular weight is 367 g/mol. The summed E-state index contributed by atoms with van der Waals surface area (Å²) in [7, 11) is 0. The monoisotopic (exact) mass is 366 g/mol. The summed E-state index contributed by atoms with van der Waals surface area (Å²) in [6.45, 7) is 6.16. The van der Waals surface area contributed by atoms with Gasteiger partial charge in [-0.25, -0.2) is 15.8 Å². The van der Waals surface area contributed by atoms with Crippen LogP contribution in [0, 0.1) is 6.92 Å². The molecule has 128 valence electrons. The van der Waals surface area contributed by atoms with Crippen molar-refractivity contribution in [1.82, 2.24) is 15.1 Å². The highest BCUT2D eigenvalue weighted by atomic mass is 35.5. The van der Waals surface area contributed by atoms with Crippen molar-refractivity contribution < 1.29 is 4.84 Å². The van der Waals surface area contributed by atoms with Gasteiger partial charge in [0, 0.05) is 16.0 Å². The first-order valence-electron chi connectivity index (χ1n) is 8.01. The molecule has 0 saturated carbocycles. The van der Waals surface area contributed by atoms with E-state index in [0.29, 0.717) is 27.5 Å². The molecule has 1 aliphatic rings. The van der Waals surface area contributed by atoms with Crippen molar-refractivity contribution >= 4 is 23.2 Å². The summed E-state index contributed by atoms with van der Waals surface area (Å²) in [5.74, 6) is 7.77. The number of benzene rings is 1. The number of hydrazine groups is 1. The Morgan fingerprint density at radius 1 is 1.25 bits per heavy atom. The second-order valence-electron chi connectivity index (χ2n) is 5.90. The lowest BCUT2D eigenvalue weighted by Gasteiger charge is -2.18. The minimum atomic E-state index is -0.389. The van der Waals surface area contributed by atoms with Gasteiger partial charge in [-0.3, -0.25) is 0 Å². The van der Waals surface area contributed by atoms with Crippen molar-refractivity contribution in [2.45, 2.75) is 45.6 Å². The number of nitrogens with two attached hydrogens (primary N) is 1. The van der Waals surface area contributed by atoms with Crippen molar-refractivity contribution in [3.05, 3.63) is 51.0 Å². The van der Waals surface area contributed by atoms with Gasteiger partial charge in [-0.1, -0.05) is 48.3 Å². The Morgan fingerprint density at radius 3 is 2.58 bits per heavy atom. The van der Waals surface area contributed by atoms with Crippen LogP contribution in [-0.2, 0) is 0 Å². The molecule has 0 saturated heterocycles. The Balaban J connectivity index is 2.15. The molecule has 1 aliphatic heterocycles. The van der Waals surface area contributed by atoms with Gasteiger partial charge in [0.2, 0.25) is 0 Å². The van der Waals surface area contributed by atoms with Crippen molar-refractivity contribution in [3.8, 4) is 5.75 Å². The largest absolute Gasteiger partial charge is 0.386 e. The maximum absolute atomic E-state index is 6.37. The van der Waals surface area contributed by atoms with Crippen LogP contribution in [0.2, 0.25) is 10.0 Å². The van der Waals surface area contributed by atoms with Gasteiger partial charge in [0.25, 0.3) is 0 Å². The summed E-state index contributed by atoms with van der Waals surface area (Å²) in [6, 6.07) is 4.94. The molecule has 0 aliphatic carbocycles. The first-order valence-corrected chi connectivity index (χ1v) is 8.77. The summed E-state index contributed by atoms with van der Waals surface area (Å²) in [4.78, 5) is 15.0. The number of hydrogen-bond acceptors (Lipinski definition) is 5. The van der Waals surface area contributed by atoms with Gasteiger partial charge < -0.3 is 4.84 Å². The third-order valence-corrected chi connectivity index (χ3v) is 4.93. The van der Waals surface area contributed by atoms with E-state index in [-0.39, 0.29) is 6.04 Å². The molecule has 0 radical (unpaired) electrons. The van der Waals surface area contributed by atoms with Gasteiger partial charge in [-0.15, -0.1) is 0 Å². The molecule has 2 N–H and O–H groups in total. The zero-order valence-corrected chi connectivity index (χ0v) is 15.4. The highest BCUT2D eigenvalue weighted by Crippen LogP contribution is 2.45. The molecule has 7 heteroatoms. The topological polar surface area (TPSA) is 64.3 Å². The molecule has 0 spiro atoms. The summed E-state index contributed by atoms with van der Waals surface area (Å²) in [5.41, 5.74) is 2.46. The van der Waals surface area contributed by atoms with Crippen LogP contribution in [0.1, 0.15) is 61.4 Å². The predicted molar refractivity (Wildman–Crippen MR) is 95.1 cm³/mol. The van der Waals surface area contributed by atoms with Gasteiger partial charge in [0.1, 0.15) is 17.6 Å². The van der Waals surface area contributed by atoms with Crippen LogP contribution in [0.3, 0.4) is 0 Å². The molecule has 1 aromatic carbocycles. The Morgan fingerprint density at radius 2 is 1.96 bits per heavy atom. The van der Waals surface area contributed by atoms with Gasteiger partial charge in [0.05, 0.1) is 5.69 Å². The Kier molecular flexibility index (Phi) is 4.97. The number of nitrogens with zero attached hydrogens (tertiary/aromatic N) is 3. The standard InChI is InChI=1S/C17H20Cl2N4O/c1-4-10(5-2)14-17-15(22-9(3)21-14)16(23(20)24-17)12-7-6-11(18)8-13(12)19/h6-8,10,16H,4-5,20H2,1-3H3. The van der Waals surface area contributed by atoms with E-state index in [1.165, 1.54) is 5.17 Å². The summed E-state index contributed by atoms with van der Waals surface area (Å²) in [5, 5.41) is 2.39. The van der Waals surface area contributed by atoms with Gasteiger partial charge in [0.15, 0.2) is 5.75 Å². The molecule has 0 amide bonds. The minimum absolute atomic E-state index is 0.299. The molecule has 3 rings (SSSR count). The van der Waals surface area contributed by atoms with E-state index in [4.69, 9.17) is 33.9 Å². The van der Waals surface area contributed by atoms with Crippen LogP contribution >= 0.6 is 23.2 Å². The molecule has 0 bridgehead atoms. The fraction of sp³-hybridized carbons (Fsp3) is 0.412. The molecule has 2 heterocycles. The van der Waals surface area contributed by atoms with Crippen LogP contribution in [-0.4, -0.2) is 15.1 Å². The lowest BCUT2D eigenvalue weighted by atomic mass is 9.95. The average Bonchev–Trinajstić information content (AvgIpc) is 2.85. The smallest absolute Gasteiger partial charge is 0.194 e. The quantitative estimate of drug-likeness (QED) is 0.802. The van der Waals surface area contributed by atoms with Crippen molar-refractivity contribution in [2.75, 3.05) is 0 Å². The normalized spacial score (nSPS) is 17.2. The fourth-order valence-electron chi connectivity index (χ4n) is 3.12. The maximum Gasteiger partial charge on any atom is 0.194 e. The molecule has 5 nitrogen and oxygen atoms in total. The number of aryl methyl sites for hydroxylation is 1. The third-order valence-electron chi connectivity index (χ3n) is 4.37. The Labute approximate surface area is 151 Å². The lowest BCUT2D eigenvalue weighted by molar-refractivity contribution is -0.0626. The van der Waals surface area contributed by atoms with Crippen molar-refractivity contribution in [2.24, 2.45) is 5.84 Å². The second kappa shape index (κ2) is 6.84. The van der Waals surface area contributed by atoms with Crippen molar-refractivity contribution in [1.29, 1.82) is 0 Å². The molecule has 0 fully saturated rings. The molecular formula is C17H20Cl2N4O. The molecule has 1 atom stereocenters. The minimum Gasteiger partial charge on any atom is -0.386 e. The van der Waals surface area contributed by atoms with E-state index in [0.717, 1.165) is 29.8 Å². The number of rotatable bonds is 4. The molecule has 1 aromatic heterocycles. The first kappa shape index (κ1) is 17.4. The van der Waals surface area contributed by atoms with Gasteiger partial charge in [-0.05, 0) is 37.5 Å². The summed E-state index contributed by atoms with van der Waals surface area (Å²) < 4.78 is 0. The highest BCUT2D eigenvalue weighted by molar-refractivity contribution is 6.35. The van der Waals surface area contributed by atoms with Gasteiger partial charge in [-0.2, -0.15) is 0 Å². The third kappa shape index (κ3) is 2.97. The Bertz CT molecular complexity index is 764. The first-order chi connectivity index (χ1) is 11.5. The summed E-state index contributed by atoms with van der Waals surface area (Å²) >= 11 is 12.4. The van der Waals surface area contributed by atoms with E-state index >= 15 is 0 Å². The fourth-order valence-corrected chi connectivity index (χ4v) is 3.64. The molecule has 2 aromatic rings. The predicted octanol–water partition coefficient (Wildman–Crippen LogP) is 4.57. The number of hydroxylamine groups is 1. The number of halogens is 2. The van der Waals surface area contributed by atoms with E-state index in [2.05, 4.69) is 23.8 Å². The maximum atomic E-state index is 6.37. The van der Waals surface area contributed by atoms with Crippen molar-refractivity contribution in [3.63, 3.8) is 0 Å². The SMILES string of the molecule is CCC(CC)c1nc(C)nc2c1ON(N)C2c1ccc(Cl)cc1Cl. The highest BCUT2D eigenvalue weighted by Gasteiger charge is 2.38. The van der Waals surface area contributed by atoms with Crippen LogP contribution in [0.25, 0.3) is 0 Å². The zero-order valence-electron chi connectivity index (χ0n) is 13.9. The Hall–Kier alpha value is -1.40. The second-order valence-corrected chi connectivity index (χ2v) is 6.75. The number of aromatic nitrogens is 2. The van der Waals surface area contributed by atoms with Crippen LogP contribution in [0.5, 0.6) is 5.75 Å². The van der Waals surface area contributed by atoms with E-state index in [1.54, 1.807) is 12.1 Å². The van der Waals surface area contributed by atoms with E-state index < -0.39 is 0 Å². The zero-order chi connectivity index (χ0) is 17.4. The number of hydrogen-bond donors (Lipinski definition) is 1.